The molecule has 1 unspecified atom stereocenters. The summed E-state index contributed by atoms with van der Waals surface area (Å²) in [7, 11) is 1.54. The third kappa shape index (κ3) is 4.70. The maximum atomic E-state index is 12.8. The molecule has 0 saturated heterocycles. The first kappa shape index (κ1) is 18.1. The van der Waals surface area contributed by atoms with Gasteiger partial charge in [-0.3, -0.25) is 4.79 Å². The first-order chi connectivity index (χ1) is 13.2. The summed E-state index contributed by atoms with van der Waals surface area (Å²) in [5.41, 5.74) is 1.23. The molecule has 1 aromatic heterocycles. The quantitative estimate of drug-likeness (QED) is 0.678. The minimum absolute atomic E-state index is 0.132. The Labute approximate surface area is 156 Å². The highest BCUT2D eigenvalue weighted by atomic mass is 16.5. The van der Waals surface area contributed by atoms with Crippen molar-refractivity contribution in [3.8, 4) is 5.75 Å². The van der Waals surface area contributed by atoms with Crippen LogP contribution in [0.3, 0.4) is 0 Å². The van der Waals surface area contributed by atoms with Crippen molar-refractivity contribution >= 4 is 17.6 Å². The molecule has 3 rings (SSSR count). The molecule has 6 heteroatoms. The number of ether oxygens (including phenoxy) is 2. The molecule has 0 radical (unpaired) electrons. The molecule has 3 aromatic rings. The number of carbonyl (C=O) groups is 2. The predicted octanol–water partition coefficient (Wildman–Crippen LogP) is 3.63. The van der Waals surface area contributed by atoms with E-state index < -0.39 is 18.0 Å². The van der Waals surface area contributed by atoms with Gasteiger partial charge in [0.1, 0.15) is 11.4 Å². The first-order valence-corrected chi connectivity index (χ1v) is 8.29. The van der Waals surface area contributed by atoms with Crippen molar-refractivity contribution in [3.63, 3.8) is 0 Å². The van der Waals surface area contributed by atoms with Crippen LogP contribution in [0.1, 0.15) is 22.2 Å². The number of nitrogens with one attached hydrogen (secondary N) is 1. The molecule has 136 valence electrons. The van der Waals surface area contributed by atoms with Crippen LogP contribution in [0.5, 0.6) is 5.75 Å². The minimum atomic E-state index is -1.12. The maximum Gasteiger partial charge on any atom is 0.358 e. The summed E-state index contributed by atoms with van der Waals surface area (Å²) in [5.74, 6) is -0.543. The molecule has 2 aromatic carbocycles. The van der Waals surface area contributed by atoms with Gasteiger partial charge in [-0.1, -0.05) is 42.5 Å². The summed E-state index contributed by atoms with van der Waals surface area (Å²) in [5, 5.41) is 2.76. The Morgan fingerprint density at radius 1 is 0.963 bits per heavy atom. The molecule has 0 spiro atoms. The van der Waals surface area contributed by atoms with Gasteiger partial charge < -0.3 is 14.8 Å². The summed E-state index contributed by atoms with van der Waals surface area (Å²) in [4.78, 5) is 29.2. The second kappa shape index (κ2) is 8.62. The number of esters is 1. The number of hydrogen-bond donors (Lipinski definition) is 1. The average Bonchev–Trinajstić information content (AvgIpc) is 2.73. The number of aromatic nitrogens is 1. The van der Waals surface area contributed by atoms with E-state index in [1.54, 1.807) is 67.8 Å². The van der Waals surface area contributed by atoms with E-state index in [4.69, 9.17) is 9.47 Å². The lowest BCUT2D eigenvalue weighted by atomic mass is 10.1. The zero-order valence-electron chi connectivity index (χ0n) is 14.7. The van der Waals surface area contributed by atoms with Gasteiger partial charge in [0.2, 0.25) is 6.10 Å². The van der Waals surface area contributed by atoms with E-state index in [1.807, 2.05) is 6.07 Å². The second-order valence-electron chi connectivity index (χ2n) is 5.63. The average molecular weight is 362 g/mol. The standard InChI is InChI=1S/C21H18N2O4/c1-26-17-11-7-10-16(14-17)23-20(24)19(15-8-3-2-4-9-15)27-21(25)18-12-5-6-13-22-18/h2-14,19H,1H3,(H,23,24). The van der Waals surface area contributed by atoms with Crippen LogP contribution < -0.4 is 10.1 Å². The van der Waals surface area contributed by atoms with Gasteiger partial charge in [0.25, 0.3) is 5.91 Å². The molecule has 1 N–H and O–H groups in total. The Balaban J connectivity index is 1.83. The fourth-order valence-corrected chi connectivity index (χ4v) is 2.46. The van der Waals surface area contributed by atoms with Crippen LogP contribution in [0, 0.1) is 0 Å². The first-order valence-electron chi connectivity index (χ1n) is 8.29. The van der Waals surface area contributed by atoms with Crippen LogP contribution in [-0.4, -0.2) is 24.0 Å². The van der Waals surface area contributed by atoms with Crippen LogP contribution in [0.25, 0.3) is 0 Å². The maximum absolute atomic E-state index is 12.8. The van der Waals surface area contributed by atoms with E-state index in [1.165, 1.54) is 12.3 Å². The molecule has 1 amide bonds. The van der Waals surface area contributed by atoms with Crippen LogP contribution in [-0.2, 0) is 9.53 Å². The van der Waals surface area contributed by atoms with E-state index in [-0.39, 0.29) is 5.69 Å². The molecule has 0 saturated carbocycles. The fraction of sp³-hybridized carbons (Fsp3) is 0.0952. The smallest absolute Gasteiger partial charge is 0.358 e. The van der Waals surface area contributed by atoms with Crippen molar-refractivity contribution in [1.82, 2.24) is 4.98 Å². The zero-order valence-corrected chi connectivity index (χ0v) is 14.7. The summed E-state index contributed by atoms with van der Waals surface area (Å²) in [6, 6.07) is 20.7. The third-order valence-electron chi connectivity index (χ3n) is 3.78. The molecule has 27 heavy (non-hydrogen) atoms. The van der Waals surface area contributed by atoms with Crippen molar-refractivity contribution in [2.75, 3.05) is 12.4 Å². The van der Waals surface area contributed by atoms with Gasteiger partial charge in [-0.15, -0.1) is 0 Å². The van der Waals surface area contributed by atoms with Gasteiger partial charge in [0.15, 0.2) is 0 Å². The number of amides is 1. The van der Waals surface area contributed by atoms with Crippen molar-refractivity contribution in [3.05, 3.63) is 90.3 Å². The molecule has 1 heterocycles. The van der Waals surface area contributed by atoms with Crippen LogP contribution >= 0.6 is 0 Å². The van der Waals surface area contributed by atoms with Crippen LogP contribution in [0.15, 0.2) is 79.0 Å². The van der Waals surface area contributed by atoms with E-state index in [0.717, 1.165) is 0 Å². The van der Waals surface area contributed by atoms with Gasteiger partial charge in [-0.25, -0.2) is 9.78 Å². The van der Waals surface area contributed by atoms with E-state index in [0.29, 0.717) is 17.0 Å². The number of anilines is 1. The number of benzene rings is 2. The molecule has 0 fully saturated rings. The van der Waals surface area contributed by atoms with Gasteiger partial charge >= 0.3 is 5.97 Å². The van der Waals surface area contributed by atoms with Crippen molar-refractivity contribution < 1.29 is 19.1 Å². The molecule has 0 aliphatic carbocycles. The predicted molar refractivity (Wildman–Crippen MR) is 100 cm³/mol. The van der Waals surface area contributed by atoms with Crippen LogP contribution in [0.2, 0.25) is 0 Å². The number of rotatable bonds is 6. The second-order valence-corrected chi connectivity index (χ2v) is 5.63. The number of nitrogens with zero attached hydrogens (tertiary/aromatic N) is 1. The molecular weight excluding hydrogens is 344 g/mol. The van der Waals surface area contributed by atoms with E-state index in [2.05, 4.69) is 10.3 Å². The van der Waals surface area contributed by atoms with Gasteiger partial charge in [-0.2, -0.15) is 0 Å². The molecule has 0 bridgehead atoms. The largest absolute Gasteiger partial charge is 0.497 e. The van der Waals surface area contributed by atoms with Crippen molar-refractivity contribution in [2.45, 2.75) is 6.10 Å². The summed E-state index contributed by atoms with van der Waals surface area (Å²) >= 11 is 0. The van der Waals surface area contributed by atoms with E-state index >= 15 is 0 Å². The summed E-state index contributed by atoms with van der Waals surface area (Å²) < 4.78 is 10.6. The minimum Gasteiger partial charge on any atom is -0.497 e. The molecular formula is C21H18N2O4. The summed E-state index contributed by atoms with van der Waals surface area (Å²) in [6.07, 6.45) is 0.372. The molecule has 0 aliphatic rings. The number of pyridine rings is 1. The normalized spacial score (nSPS) is 11.3. The number of hydrogen-bond acceptors (Lipinski definition) is 5. The Hall–Kier alpha value is -3.67. The SMILES string of the molecule is COc1cccc(NC(=O)C(OC(=O)c2ccccn2)c2ccccc2)c1. The van der Waals surface area contributed by atoms with Crippen LogP contribution in [0.4, 0.5) is 5.69 Å². The molecule has 6 nitrogen and oxygen atoms in total. The number of carbonyl (C=O) groups excluding carboxylic acids is 2. The fourth-order valence-electron chi connectivity index (χ4n) is 2.46. The van der Waals surface area contributed by atoms with Crippen molar-refractivity contribution in [2.24, 2.45) is 0 Å². The van der Waals surface area contributed by atoms with Gasteiger partial charge in [0, 0.05) is 23.5 Å². The lowest BCUT2D eigenvalue weighted by molar-refractivity contribution is -0.125. The highest BCUT2D eigenvalue weighted by molar-refractivity contribution is 5.97. The Kier molecular flexibility index (Phi) is 5.79. The van der Waals surface area contributed by atoms with E-state index in [9.17, 15) is 9.59 Å². The molecule has 0 aliphatic heterocycles. The highest BCUT2D eigenvalue weighted by Crippen LogP contribution is 2.23. The lowest BCUT2D eigenvalue weighted by Gasteiger charge is -2.18. The highest BCUT2D eigenvalue weighted by Gasteiger charge is 2.26. The van der Waals surface area contributed by atoms with Gasteiger partial charge in [0.05, 0.1) is 7.11 Å². The third-order valence-corrected chi connectivity index (χ3v) is 3.78. The molecule has 1 atom stereocenters. The number of methoxy groups -OCH3 is 1. The zero-order chi connectivity index (χ0) is 19.1. The van der Waals surface area contributed by atoms with Crippen molar-refractivity contribution in [1.29, 1.82) is 0 Å². The van der Waals surface area contributed by atoms with Gasteiger partial charge in [-0.05, 0) is 24.3 Å². The lowest BCUT2D eigenvalue weighted by Crippen LogP contribution is -2.26. The monoisotopic (exact) mass is 362 g/mol. The Morgan fingerprint density at radius 2 is 1.74 bits per heavy atom. The Morgan fingerprint density at radius 3 is 2.44 bits per heavy atom. The Bertz CT molecular complexity index is 914. The topological polar surface area (TPSA) is 77.5 Å². The summed E-state index contributed by atoms with van der Waals surface area (Å²) in [6.45, 7) is 0.